The van der Waals surface area contributed by atoms with Gasteiger partial charge < -0.3 is 15.0 Å². The van der Waals surface area contributed by atoms with Crippen LogP contribution in [0.15, 0.2) is 30.5 Å². The molecule has 1 heterocycles. The number of rotatable bonds is 5. The monoisotopic (exact) mass is 246 g/mol. The van der Waals surface area contributed by atoms with Crippen LogP contribution >= 0.6 is 0 Å². The van der Waals surface area contributed by atoms with Gasteiger partial charge in [-0.1, -0.05) is 6.07 Å². The Labute approximate surface area is 106 Å². The Morgan fingerprint density at radius 1 is 1.44 bits per heavy atom. The predicted octanol–water partition coefficient (Wildman–Crippen LogP) is 2.32. The van der Waals surface area contributed by atoms with Crippen molar-refractivity contribution in [3.05, 3.63) is 36.0 Å². The van der Waals surface area contributed by atoms with E-state index >= 15 is 0 Å². The lowest BCUT2D eigenvalue weighted by molar-refractivity contribution is 0.0695. The average Bonchev–Trinajstić information content (AvgIpc) is 2.83. The zero-order valence-electron chi connectivity index (χ0n) is 10.7. The molecular weight excluding hydrogens is 228 g/mol. The molecule has 2 rings (SSSR count). The van der Waals surface area contributed by atoms with Crippen molar-refractivity contribution in [3.63, 3.8) is 0 Å². The van der Waals surface area contributed by atoms with Gasteiger partial charge in [-0.3, -0.25) is 4.79 Å². The Kier molecular flexibility index (Phi) is 3.99. The minimum Gasteiger partial charge on any atom is -0.377 e. The van der Waals surface area contributed by atoms with Crippen LogP contribution in [0, 0.1) is 0 Å². The van der Waals surface area contributed by atoms with Crippen molar-refractivity contribution >= 4 is 16.8 Å². The van der Waals surface area contributed by atoms with Gasteiger partial charge in [0.1, 0.15) is 0 Å². The maximum absolute atomic E-state index is 11.9. The number of carbonyl (C=O) groups is 1. The molecule has 4 nitrogen and oxygen atoms in total. The first-order chi connectivity index (χ1) is 8.70. The number of aromatic amines is 1. The van der Waals surface area contributed by atoms with Gasteiger partial charge in [0.15, 0.2) is 0 Å². The van der Waals surface area contributed by atoms with Crippen molar-refractivity contribution in [1.82, 2.24) is 10.3 Å². The molecule has 4 heteroatoms. The Balaban J connectivity index is 1.99. The molecule has 2 N–H and O–H groups in total. The summed E-state index contributed by atoms with van der Waals surface area (Å²) in [6.07, 6.45) is 1.90. The Morgan fingerprint density at radius 2 is 2.28 bits per heavy atom. The zero-order valence-corrected chi connectivity index (χ0v) is 10.7. The number of hydrogen-bond donors (Lipinski definition) is 2. The second-order valence-electron chi connectivity index (χ2n) is 4.26. The number of aromatic nitrogens is 1. The van der Waals surface area contributed by atoms with E-state index in [1.165, 1.54) is 0 Å². The predicted molar refractivity (Wildman–Crippen MR) is 71.7 cm³/mol. The third-order valence-electron chi connectivity index (χ3n) is 2.82. The molecule has 18 heavy (non-hydrogen) atoms. The van der Waals surface area contributed by atoms with E-state index in [0.29, 0.717) is 18.7 Å². The number of benzene rings is 1. The largest absolute Gasteiger partial charge is 0.377 e. The summed E-state index contributed by atoms with van der Waals surface area (Å²) in [6, 6.07) is 7.60. The lowest BCUT2D eigenvalue weighted by Crippen LogP contribution is -2.32. The Hall–Kier alpha value is -1.81. The average molecular weight is 246 g/mol. The van der Waals surface area contributed by atoms with Crippen LogP contribution in [0.3, 0.4) is 0 Å². The second kappa shape index (κ2) is 5.69. The van der Waals surface area contributed by atoms with Crippen LogP contribution in [-0.2, 0) is 4.74 Å². The van der Waals surface area contributed by atoms with Crippen LogP contribution < -0.4 is 5.32 Å². The highest BCUT2D eigenvalue weighted by Gasteiger charge is 2.08. The van der Waals surface area contributed by atoms with E-state index in [-0.39, 0.29) is 12.0 Å². The Morgan fingerprint density at radius 3 is 3.06 bits per heavy atom. The highest BCUT2D eigenvalue weighted by molar-refractivity contribution is 5.97. The summed E-state index contributed by atoms with van der Waals surface area (Å²) in [4.78, 5) is 15.0. The summed E-state index contributed by atoms with van der Waals surface area (Å²) in [6.45, 7) is 5.07. The van der Waals surface area contributed by atoms with E-state index in [9.17, 15) is 4.79 Å². The molecule has 0 aliphatic rings. The van der Waals surface area contributed by atoms with E-state index < -0.39 is 0 Å². The molecule has 1 aromatic heterocycles. The van der Waals surface area contributed by atoms with Gasteiger partial charge in [-0.2, -0.15) is 0 Å². The zero-order chi connectivity index (χ0) is 13.0. The van der Waals surface area contributed by atoms with Gasteiger partial charge in [0.25, 0.3) is 5.91 Å². The summed E-state index contributed by atoms with van der Waals surface area (Å²) >= 11 is 0. The second-order valence-corrected chi connectivity index (χ2v) is 4.26. The van der Waals surface area contributed by atoms with Crippen molar-refractivity contribution in [3.8, 4) is 0 Å². The fraction of sp³-hybridized carbons (Fsp3) is 0.357. The van der Waals surface area contributed by atoms with Gasteiger partial charge in [0.2, 0.25) is 0 Å². The number of amides is 1. The van der Waals surface area contributed by atoms with E-state index in [1.54, 1.807) is 0 Å². The molecule has 2 aromatic rings. The number of nitrogens with one attached hydrogen (secondary N) is 2. The standard InChI is InChI=1S/C14H18N2O2/c1-3-18-10(2)9-16-14(17)12-5-4-11-6-7-15-13(11)8-12/h4-8,10,15H,3,9H2,1-2H3,(H,16,17). The summed E-state index contributed by atoms with van der Waals surface area (Å²) < 4.78 is 5.37. The SMILES string of the molecule is CCOC(C)CNC(=O)c1ccc2cc[nH]c2c1. The minimum atomic E-state index is -0.0712. The van der Waals surface area contributed by atoms with Gasteiger partial charge in [0.05, 0.1) is 6.10 Å². The van der Waals surface area contributed by atoms with Crippen LogP contribution in [0.1, 0.15) is 24.2 Å². The molecule has 0 aliphatic heterocycles. The third kappa shape index (κ3) is 2.90. The topological polar surface area (TPSA) is 54.1 Å². The van der Waals surface area contributed by atoms with Crippen molar-refractivity contribution < 1.29 is 9.53 Å². The van der Waals surface area contributed by atoms with Crippen LogP contribution in [0.25, 0.3) is 10.9 Å². The lowest BCUT2D eigenvalue weighted by Gasteiger charge is -2.12. The summed E-state index contributed by atoms with van der Waals surface area (Å²) in [5.74, 6) is -0.0712. The number of carbonyl (C=O) groups excluding carboxylic acids is 1. The number of hydrogen-bond acceptors (Lipinski definition) is 2. The van der Waals surface area contributed by atoms with Crippen molar-refractivity contribution in [1.29, 1.82) is 0 Å². The quantitative estimate of drug-likeness (QED) is 0.850. The molecule has 96 valence electrons. The van der Waals surface area contributed by atoms with Crippen molar-refractivity contribution in [2.45, 2.75) is 20.0 Å². The number of fused-ring (bicyclic) bond motifs is 1. The van der Waals surface area contributed by atoms with Crippen LogP contribution in [0.4, 0.5) is 0 Å². The molecular formula is C14H18N2O2. The van der Waals surface area contributed by atoms with Gasteiger partial charge >= 0.3 is 0 Å². The summed E-state index contributed by atoms with van der Waals surface area (Å²) in [5.41, 5.74) is 1.63. The highest BCUT2D eigenvalue weighted by atomic mass is 16.5. The van der Waals surface area contributed by atoms with Gasteiger partial charge in [0, 0.05) is 30.4 Å². The smallest absolute Gasteiger partial charge is 0.251 e. The van der Waals surface area contributed by atoms with Gasteiger partial charge in [-0.05, 0) is 37.4 Å². The molecule has 0 saturated heterocycles. The first kappa shape index (κ1) is 12.6. The van der Waals surface area contributed by atoms with Crippen LogP contribution in [-0.4, -0.2) is 30.1 Å². The number of H-pyrrole nitrogens is 1. The van der Waals surface area contributed by atoms with E-state index in [2.05, 4.69) is 10.3 Å². The highest BCUT2D eigenvalue weighted by Crippen LogP contribution is 2.13. The van der Waals surface area contributed by atoms with E-state index in [0.717, 1.165) is 10.9 Å². The molecule has 0 aliphatic carbocycles. The molecule has 1 aromatic carbocycles. The van der Waals surface area contributed by atoms with Gasteiger partial charge in [-0.15, -0.1) is 0 Å². The molecule has 0 radical (unpaired) electrons. The fourth-order valence-electron chi connectivity index (χ4n) is 1.87. The molecule has 1 unspecified atom stereocenters. The van der Waals surface area contributed by atoms with E-state index in [1.807, 2.05) is 44.3 Å². The first-order valence-corrected chi connectivity index (χ1v) is 6.17. The first-order valence-electron chi connectivity index (χ1n) is 6.17. The molecule has 0 saturated carbocycles. The number of ether oxygens (including phenoxy) is 1. The molecule has 0 fully saturated rings. The van der Waals surface area contributed by atoms with E-state index in [4.69, 9.17) is 4.74 Å². The van der Waals surface area contributed by atoms with Crippen molar-refractivity contribution in [2.75, 3.05) is 13.2 Å². The van der Waals surface area contributed by atoms with Crippen LogP contribution in [0.2, 0.25) is 0 Å². The third-order valence-corrected chi connectivity index (χ3v) is 2.82. The Bertz CT molecular complexity index is 533. The fourth-order valence-corrected chi connectivity index (χ4v) is 1.87. The molecule has 0 bridgehead atoms. The lowest BCUT2D eigenvalue weighted by atomic mass is 10.1. The van der Waals surface area contributed by atoms with Crippen molar-refractivity contribution in [2.24, 2.45) is 0 Å². The molecule has 1 atom stereocenters. The molecule has 1 amide bonds. The summed E-state index contributed by atoms with van der Waals surface area (Å²) in [7, 11) is 0. The van der Waals surface area contributed by atoms with Gasteiger partial charge in [-0.25, -0.2) is 0 Å². The maximum Gasteiger partial charge on any atom is 0.251 e. The minimum absolute atomic E-state index is 0.0353. The maximum atomic E-state index is 11.9. The van der Waals surface area contributed by atoms with Crippen LogP contribution in [0.5, 0.6) is 0 Å². The summed E-state index contributed by atoms with van der Waals surface area (Å²) in [5, 5.41) is 3.97. The molecule has 0 spiro atoms. The normalized spacial score (nSPS) is 12.6.